The molecule has 96 valence electrons. The molecule has 2 N–H and O–H groups in total. The average Bonchev–Trinajstić information content (AvgIpc) is 2.32. The van der Waals surface area contributed by atoms with Gasteiger partial charge in [-0.25, -0.2) is 0 Å². The van der Waals surface area contributed by atoms with E-state index in [1.54, 1.807) is 0 Å². The molecule has 0 aliphatic carbocycles. The van der Waals surface area contributed by atoms with Gasteiger partial charge < -0.3 is 10.4 Å². The quantitative estimate of drug-likeness (QED) is 0.715. The lowest BCUT2D eigenvalue weighted by molar-refractivity contribution is 0.282. The van der Waals surface area contributed by atoms with Gasteiger partial charge in [-0.15, -0.1) is 0 Å². The topological polar surface area (TPSA) is 32.3 Å². The van der Waals surface area contributed by atoms with Gasteiger partial charge in [0.25, 0.3) is 0 Å². The lowest BCUT2D eigenvalue weighted by atomic mass is 10.2. The van der Waals surface area contributed by atoms with Gasteiger partial charge in [0.2, 0.25) is 0 Å². The SMILES string of the molecule is OCCCCCCNCc1cc(Br)ccc1Cl. The van der Waals surface area contributed by atoms with E-state index in [9.17, 15) is 0 Å². The van der Waals surface area contributed by atoms with Crippen molar-refractivity contribution in [3.8, 4) is 0 Å². The number of hydrogen-bond acceptors (Lipinski definition) is 2. The first kappa shape index (κ1) is 15.0. The lowest BCUT2D eigenvalue weighted by Gasteiger charge is -2.07. The number of aliphatic hydroxyl groups excluding tert-OH is 1. The third-order valence-electron chi connectivity index (χ3n) is 2.58. The molecule has 0 heterocycles. The van der Waals surface area contributed by atoms with Crippen LogP contribution in [-0.2, 0) is 6.54 Å². The molecule has 1 aromatic carbocycles. The molecule has 0 aliphatic rings. The van der Waals surface area contributed by atoms with Crippen LogP contribution in [-0.4, -0.2) is 18.3 Å². The fourth-order valence-corrected chi connectivity index (χ4v) is 2.21. The highest BCUT2D eigenvalue weighted by molar-refractivity contribution is 9.10. The largest absolute Gasteiger partial charge is 0.396 e. The number of halogens is 2. The summed E-state index contributed by atoms with van der Waals surface area (Å²) in [5.74, 6) is 0. The lowest BCUT2D eigenvalue weighted by Crippen LogP contribution is -2.14. The molecule has 0 bridgehead atoms. The van der Waals surface area contributed by atoms with Gasteiger partial charge in [-0.3, -0.25) is 0 Å². The molecule has 1 aromatic rings. The van der Waals surface area contributed by atoms with E-state index in [2.05, 4.69) is 21.2 Å². The van der Waals surface area contributed by atoms with Crippen LogP contribution in [0.2, 0.25) is 5.02 Å². The van der Waals surface area contributed by atoms with Crippen LogP contribution in [0, 0.1) is 0 Å². The first-order valence-corrected chi connectivity index (χ1v) is 7.16. The second-order valence-corrected chi connectivity index (χ2v) is 5.37. The Kier molecular flexibility index (Phi) is 7.86. The Bertz CT molecular complexity index is 333. The average molecular weight is 321 g/mol. The Morgan fingerprint density at radius 3 is 2.71 bits per heavy atom. The Balaban J connectivity index is 2.15. The molecule has 17 heavy (non-hydrogen) atoms. The predicted molar refractivity (Wildman–Crippen MR) is 76.4 cm³/mol. The Labute approximate surface area is 117 Å². The van der Waals surface area contributed by atoms with E-state index in [4.69, 9.17) is 16.7 Å². The van der Waals surface area contributed by atoms with Crippen molar-refractivity contribution >= 4 is 27.5 Å². The molecule has 0 aromatic heterocycles. The molecule has 0 saturated heterocycles. The zero-order valence-corrected chi connectivity index (χ0v) is 12.2. The molecule has 0 spiro atoms. The van der Waals surface area contributed by atoms with Crippen molar-refractivity contribution in [1.29, 1.82) is 0 Å². The first-order valence-electron chi connectivity index (χ1n) is 5.99. The summed E-state index contributed by atoms with van der Waals surface area (Å²) >= 11 is 9.53. The second-order valence-electron chi connectivity index (χ2n) is 4.05. The van der Waals surface area contributed by atoms with Gasteiger partial charge in [-0.2, -0.15) is 0 Å². The van der Waals surface area contributed by atoms with E-state index in [1.807, 2.05) is 18.2 Å². The third kappa shape index (κ3) is 6.41. The predicted octanol–water partition coefficient (Wildman–Crippen LogP) is 3.74. The van der Waals surface area contributed by atoms with E-state index >= 15 is 0 Å². The summed E-state index contributed by atoms with van der Waals surface area (Å²) in [5.41, 5.74) is 1.12. The van der Waals surface area contributed by atoms with Crippen molar-refractivity contribution in [1.82, 2.24) is 5.32 Å². The summed E-state index contributed by atoms with van der Waals surface area (Å²) in [7, 11) is 0. The normalized spacial score (nSPS) is 10.8. The van der Waals surface area contributed by atoms with Crippen LogP contribution in [0.4, 0.5) is 0 Å². The minimum atomic E-state index is 0.307. The summed E-state index contributed by atoms with van der Waals surface area (Å²) in [4.78, 5) is 0. The number of nitrogens with one attached hydrogen (secondary N) is 1. The maximum atomic E-state index is 8.64. The van der Waals surface area contributed by atoms with Crippen molar-refractivity contribution in [3.05, 3.63) is 33.3 Å². The minimum Gasteiger partial charge on any atom is -0.396 e. The number of unbranched alkanes of at least 4 members (excludes halogenated alkanes) is 3. The molecule has 4 heteroatoms. The Morgan fingerprint density at radius 2 is 1.94 bits per heavy atom. The van der Waals surface area contributed by atoms with E-state index in [1.165, 1.54) is 6.42 Å². The summed E-state index contributed by atoms with van der Waals surface area (Å²) < 4.78 is 1.06. The molecule has 0 unspecified atom stereocenters. The number of rotatable bonds is 8. The minimum absolute atomic E-state index is 0.307. The van der Waals surface area contributed by atoms with Crippen LogP contribution >= 0.6 is 27.5 Å². The highest BCUT2D eigenvalue weighted by Crippen LogP contribution is 2.20. The molecular weight excluding hydrogens is 302 g/mol. The molecule has 0 aliphatic heterocycles. The van der Waals surface area contributed by atoms with Gasteiger partial charge in [0, 0.05) is 22.6 Å². The fourth-order valence-electron chi connectivity index (χ4n) is 1.62. The Morgan fingerprint density at radius 1 is 1.18 bits per heavy atom. The first-order chi connectivity index (χ1) is 8.24. The monoisotopic (exact) mass is 319 g/mol. The van der Waals surface area contributed by atoms with Crippen molar-refractivity contribution in [2.24, 2.45) is 0 Å². The van der Waals surface area contributed by atoms with Crippen LogP contribution in [0.3, 0.4) is 0 Å². The van der Waals surface area contributed by atoms with Crippen LogP contribution in [0.25, 0.3) is 0 Å². The van der Waals surface area contributed by atoms with Gasteiger partial charge in [-0.05, 0) is 43.1 Å². The molecule has 0 saturated carbocycles. The standard InChI is InChI=1S/C13H19BrClNO/c14-12-5-6-13(15)11(9-12)10-16-7-3-1-2-4-8-17/h5-6,9,16-17H,1-4,7-8,10H2. The number of aliphatic hydroxyl groups is 1. The van der Waals surface area contributed by atoms with E-state index < -0.39 is 0 Å². The van der Waals surface area contributed by atoms with E-state index in [0.29, 0.717) is 6.61 Å². The van der Waals surface area contributed by atoms with Crippen LogP contribution in [0.15, 0.2) is 22.7 Å². The molecule has 2 nitrogen and oxygen atoms in total. The molecule has 0 atom stereocenters. The number of hydrogen-bond donors (Lipinski definition) is 2. The van der Waals surface area contributed by atoms with E-state index in [0.717, 1.165) is 47.4 Å². The van der Waals surface area contributed by atoms with Crippen LogP contribution in [0.1, 0.15) is 31.2 Å². The van der Waals surface area contributed by atoms with Gasteiger partial charge >= 0.3 is 0 Å². The summed E-state index contributed by atoms with van der Waals surface area (Å²) in [6, 6.07) is 5.89. The highest BCUT2D eigenvalue weighted by atomic mass is 79.9. The zero-order chi connectivity index (χ0) is 12.5. The van der Waals surface area contributed by atoms with Gasteiger partial charge in [-0.1, -0.05) is 40.4 Å². The molecule has 0 amide bonds. The van der Waals surface area contributed by atoms with E-state index in [-0.39, 0.29) is 0 Å². The van der Waals surface area contributed by atoms with Gasteiger partial charge in [0.15, 0.2) is 0 Å². The maximum absolute atomic E-state index is 8.64. The third-order valence-corrected chi connectivity index (χ3v) is 3.45. The molecular formula is C13H19BrClNO. The summed E-state index contributed by atoms with van der Waals surface area (Å²) in [6.45, 7) is 2.10. The van der Waals surface area contributed by atoms with Gasteiger partial charge in [0.05, 0.1) is 0 Å². The zero-order valence-electron chi connectivity index (χ0n) is 9.88. The summed E-state index contributed by atoms with van der Waals surface area (Å²) in [5, 5.41) is 12.8. The molecule has 0 fully saturated rings. The summed E-state index contributed by atoms with van der Waals surface area (Å²) in [6.07, 6.45) is 4.33. The smallest absolute Gasteiger partial charge is 0.0451 e. The Hall–Kier alpha value is -0.0900. The number of benzene rings is 1. The highest BCUT2D eigenvalue weighted by Gasteiger charge is 2.00. The van der Waals surface area contributed by atoms with Crippen molar-refractivity contribution < 1.29 is 5.11 Å². The van der Waals surface area contributed by atoms with Crippen LogP contribution in [0.5, 0.6) is 0 Å². The maximum Gasteiger partial charge on any atom is 0.0451 e. The van der Waals surface area contributed by atoms with Crippen LogP contribution < -0.4 is 5.32 Å². The van der Waals surface area contributed by atoms with Crippen molar-refractivity contribution in [2.45, 2.75) is 32.2 Å². The van der Waals surface area contributed by atoms with Crippen molar-refractivity contribution in [3.63, 3.8) is 0 Å². The fraction of sp³-hybridized carbons (Fsp3) is 0.538. The van der Waals surface area contributed by atoms with Crippen molar-refractivity contribution in [2.75, 3.05) is 13.2 Å². The second kappa shape index (κ2) is 8.92. The molecule has 1 rings (SSSR count). The molecule has 0 radical (unpaired) electrons. The van der Waals surface area contributed by atoms with Gasteiger partial charge in [0.1, 0.15) is 0 Å².